The summed E-state index contributed by atoms with van der Waals surface area (Å²) in [6, 6.07) is 7.88. The topological polar surface area (TPSA) is 81.2 Å². The van der Waals surface area contributed by atoms with E-state index in [4.69, 9.17) is 4.74 Å². The van der Waals surface area contributed by atoms with Crippen molar-refractivity contribution in [3.05, 3.63) is 52.2 Å². The van der Waals surface area contributed by atoms with Crippen molar-refractivity contribution in [3.63, 3.8) is 0 Å². The number of pyridine rings is 1. The second kappa shape index (κ2) is 7.61. The van der Waals surface area contributed by atoms with Crippen LogP contribution in [0.15, 0.2) is 29.6 Å². The Hall–Kier alpha value is -2.80. The molecule has 1 N–H and O–H groups in total. The second-order valence-corrected chi connectivity index (χ2v) is 6.66. The lowest BCUT2D eigenvalue weighted by atomic mass is 9.99. The van der Waals surface area contributed by atoms with E-state index in [-0.39, 0.29) is 24.6 Å². The van der Waals surface area contributed by atoms with Crippen LogP contribution in [0.4, 0.5) is 5.13 Å². The Morgan fingerprint density at radius 3 is 2.73 bits per heavy atom. The highest BCUT2D eigenvalue weighted by Gasteiger charge is 2.16. The molecule has 134 valence electrons. The second-order valence-electron chi connectivity index (χ2n) is 5.80. The summed E-state index contributed by atoms with van der Waals surface area (Å²) < 4.78 is 4.90. The zero-order valence-corrected chi connectivity index (χ0v) is 15.6. The fourth-order valence-corrected chi connectivity index (χ4v) is 3.48. The van der Waals surface area contributed by atoms with E-state index >= 15 is 0 Å². The lowest BCUT2D eigenvalue weighted by molar-refractivity contribution is -0.115. The van der Waals surface area contributed by atoms with Crippen molar-refractivity contribution in [1.29, 1.82) is 0 Å². The minimum absolute atomic E-state index is 0.196. The summed E-state index contributed by atoms with van der Waals surface area (Å²) in [5, 5.41) is 5.73. The summed E-state index contributed by atoms with van der Waals surface area (Å²) in [5.41, 5.74) is 3.92. The number of esters is 1. The van der Waals surface area contributed by atoms with E-state index in [1.165, 1.54) is 11.3 Å². The summed E-state index contributed by atoms with van der Waals surface area (Å²) in [4.78, 5) is 32.8. The number of rotatable bonds is 5. The van der Waals surface area contributed by atoms with Gasteiger partial charge in [-0.25, -0.2) is 9.78 Å². The number of amides is 1. The summed E-state index contributed by atoms with van der Waals surface area (Å²) in [6.45, 7) is 5.92. The Morgan fingerprint density at radius 1 is 1.19 bits per heavy atom. The van der Waals surface area contributed by atoms with Gasteiger partial charge >= 0.3 is 5.97 Å². The van der Waals surface area contributed by atoms with E-state index in [2.05, 4.69) is 15.3 Å². The number of aromatic nitrogens is 2. The number of benzene rings is 1. The minimum atomic E-state index is -0.491. The van der Waals surface area contributed by atoms with Crippen molar-refractivity contribution in [2.75, 3.05) is 11.9 Å². The summed E-state index contributed by atoms with van der Waals surface area (Å²) in [6.07, 6.45) is 0.198. The van der Waals surface area contributed by atoms with Gasteiger partial charge in [-0.05, 0) is 38.0 Å². The molecule has 2 aromatic heterocycles. The zero-order valence-electron chi connectivity index (χ0n) is 14.8. The number of thiazole rings is 1. The highest BCUT2D eigenvalue weighted by molar-refractivity contribution is 7.14. The molecule has 3 aromatic rings. The lowest BCUT2D eigenvalue weighted by Crippen LogP contribution is -2.16. The molecule has 3 rings (SSSR count). The number of aryl methyl sites for hydroxylation is 2. The first kappa shape index (κ1) is 18.0. The number of nitrogens with one attached hydrogen (secondary N) is 1. The number of carbonyl (C=O) groups excluding carboxylic acids is 2. The van der Waals surface area contributed by atoms with Crippen LogP contribution in [0.1, 0.15) is 34.2 Å². The molecule has 0 bridgehead atoms. The number of carbonyl (C=O) groups is 2. The van der Waals surface area contributed by atoms with Crippen molar-refractivity contribution in [3.8, 4) is 0 Å². The first-order chi connectivity index (χ1) is 12.5. The molecule has 0 aliphatic rings. The van der Waals surface area contributed by atoms with Gasteiger partial charge in [0.25, 0.3) is 0 Å². The smallest absolute Gasteiger partial charge is 0.357 e. The van der Waals surface area contributed by atoms with Crippen LogP contribution in [-0.2, 0) is 16.0 Å². The number of hydrogen-bond acceptors (Lipinski definition) is 6. The average Bonchev–Trinajstić information content (AvgIpc) is 3.07. The Morgan fingerprint density at radius 2 is 1.96 bits per heavy atom. The van der Waals surface area contributed by atoms with Crippen LogP contribution in [0, 0.1) is 13.8 Å². The van der Waals surface area contributed by atoms with Gasteiger partial charge in [-0.3, -0.25) is 9.78 Å². The average molecular weight is 369 g/mol. The van der Waals surface area contributed by atoms with Gasteiger partial charge < -0.3 is 10.1 Å². The van der Waals surface area contributed by atoms with Crippen LogP contribution in [0.3, 0.4) is 0 Å². The standard InChI is InChI=1S/C19H19N3O3S/c1-4-25-18(24)16-10-26-19(21-16)22-17(23)9-14-11(2)13-7-5-6-8-15(13)20-12(14)3/h5-8,10H,4,9H2,1-3H3,(H,21,22,23). The molecule has 0 aliphatic carbocycles. The van der Waals surface area contributed by atoms with E-state index < -0.39 is 5.97 Å². The van der Waals surface area contributed by atoms with E-state index in [9.17, 15) is 9.59 Å². The molecule has 6 nitrogen and oxygen atoms in total. The maximum absolute atomic E-state index is 12.4. The van der Waals surface area contributed by atoms with Gasteiger partial charge in [0.15, 0.2) is 10.8 Å². The third kappa shape index (κ3) is 3.72. The molecule has 26 heavy (non-hydrogen) atoms. The van der Waals surface area contributed by atoms with Crippen molar-refractivity contribution >= 4 is 39.2 Å². The predicted molar refractivity (Wildman–Crippen MR) is 102 cm³/mol. The van der Waals surface area contributed by atoms with Crippen molar-refractivity contribution in [1.82, 2.24) is 9.97 Å². The van der Waals surface area contributed by atoms with Gasteiger partial charge in [-0.2, -0.15) is 0 Å². The predicted octanol–water partition coefficient (Wildman–Crippen LogP) is 3.67. The van der Waals surface area contributed by atoms with E-state index in [1.54, 1.807) is 12.3 Å². The van der Waals surface area contributed by atoms with Crippen LogP contribution >= 0.6 is 11.3 Å². The maximum Gasteiger partial charge on any atom is 0.357 e. The monoisotopic (exact) mass is 369 g/mol. The Balaban J connectivity index is 1.76. The fraction of sp³-hybridized carbons (Fsp3) is 0.263. The molecule has 0 spiro atoms. The molecule has 0 aliphatic heterocycles. The molecule has 7 heteroatoms. The first-order valence-corrected chi connectivity index (χ1v) is 9.15. The first-order valence-electron chi connectivity index (χ1n) is 8.27. The lowest BCUT2D eigenvalue weighted by Gasteiger charge is -2.12. The van der Waals surface area contributed by atoms with Crippen LogP contribution < -0.4 is 5.32 Å². The summed E-state index contributed by atoms with van der Waals surface area (Å²) in [5.74, 6) is -0.687. The van der Waals surface area contributed by atoms with Crippen LogP contribution in [0.5, 0.6) is 0 Å². The summed E-state index contributed by atoms with van der Waals surface area (Å²) in [7, 11) is 0. The van der Waals surface area contributed by atoms with Gasteiger partial charge in [0.1, 0.15) is 0 Å². The van der Waals surface area contributed by atoms with E-state index in [0.29, 0.717) is 5.13 Å². The Bertz CT molecular complexity index is 981. The number of anilines is 1. The molecule has 0 fully saturated rings. The summed E-state index contributed by atoms with van der Waals surface area (Å²) >= 11 is 1.19. The molecule has 1 amide bonds. The van der Waals surface area contributed by atoms with Crippen molar-refractivity contribution in [2.24, 2.45) is 0 Å². The third-order valence-corrected chi connectivity index (χ3v) is 4.82. The molecular weight excluding hydrogens is 350 g/mol. The fourth-order valence-electron chi connectivity index (χ4n) is 2.78. The number of fused-ring (bicyclic) bond motifs is 1. The molecule has 0 saturated carbocycles. The van der Waals surface area contributed by atoms with Crippen LogP contribution in [0.2, 0.25) is 0 Å². The van der Waals surface area contributed by atoms with Gasteiger partial charge in [-0.15, -0.1) is 11.3 Å². The van der Waals surface area contributed by atoms with Crippen LogP contribution in [-0.4, -0.2) is 28.5 Å². The van der Waals surface area contributed by atoms with E-state index in [0.717, 1.165) is 27.7 Å². The maximum atomic E-state index is 12.4. The normalized spacial score (nSPS) is 10.7. The SMILES string of the molecule is CCOC(=O)c1csc(NC(=O)Cc2c(C)nc3ccccc3c2C)n1. The highest BCUT2D eigenvalue weighted by Crippen LogP contribution is 2.23. The van der Waals surface area contributed by atoms with Gasteiger partial charge in [-0.1, -0.05) is 18.2 Å². The van der Waals surface area contributed by atoms with Gasteiger partial charge in [0, 0.05) is 16.5 Å². The zero-order chi connectivity index (χ0) is 18.7. The molecule has 0 atom stereocenters. The third-order valence-electron chi connectivity index (χ3n) is 4.06. The Kier molecular flexibility index (Phi) is 5.27. The number of ether oxygens (including phenoxy) is 1. The largest absolute Gasteiger partial charge is 0.461 e. The van der Waals surface area contributed by atoms with Gasteiger partial charge in [0.05, 0.1) is 18.5 Å². The number of nitrogens with zero attached hydrogens (tertiary/aromatic N) is 2. The molecule has 2 heterocycles. The number of para-hydroxylation sites is 1. The van der Waals surface area contributed by atoms with Crippen molar-refractivity contribution < 1.29 is 14.3 Å². The quantitative estimate of drug-likeness (QED) is 0.694. The molecule has 0 radical (unpaired) electrons. The molecule has 0 unspecified atom stereocenters. The van der Waals surface area contributed by atoms with Gasteiger partial charge in [0.2, 0.25) is 5.91 Å². The Labute approximate surface area is 155 Å². The van der Waals surface area contributed by atoms with E-state index in [1.807, 2.05) is 38.1 Å². The molecule has 1 aromatic carbocycles. The number of hydrogen-bond donors (Lipinski definition) is 1. The molecular formula is C19H19N3O3S. The van der Waals surface area contributed by atoms with Crippen molar-refractivity contribution in [2.45, 2.75) is 27.2 Å². The van der Waals surface area contributed by atoms with Crippen LogP contribution in [0.25, 0.3) is 10.9 Å². The minimum Gasteiger partial charge on any atom is -0.461 e. The molecule has 0 saturated heterocycles. The highest BCUT2D eigenvalue weighted by atomic mass is 32.1.